The number of esters is 1. The number of ketones is 1. The van der Waals surface area contributed by atoms with Crippen LogP contribution in [0.4, 0.5) is 0 Å². The van der Waals surface area contributed by atoms with E-state index in [4.69, 9.17) is 4.74 Å². The summed E-state index contributed by atoms with van der Waals surface area (Å²) in [7, 11) is 0. The Hall–Kier alpha value is -1.46. The van der Waals surface area contributed by atoms with Gasteiger partial charge in [0.15, 0.2) is 5.78 Å². The van der Waals surface area contributed by atoms with Crippen molar-refractivity contribution in [3.63, 3.8) is 0 Å². The zero-order valence-electron chi connectivity index (χ0n) is 11.8. The Balaban J connectivity index is 2.12. The lowest BCUT2D eigenvalue weighted by atomic mass is 9.56. The number of hydrogen-bond acceptors (Lipinski definition) is 5. The fraction of sp³-hybridized carbons (Fsp3) is 0.600. The van der Waals surface area contributed by atoms with Gasteiger partial charge in [0, 0.05) is 23.0 Å². The second kappa shape index (κ2) is 3.80. The molecule has 0 aromatic carbocycles. The van der Waals surface area contributed by atoms with E-state index in [1.807, 2.05) is 6.92 Å². The Labute approximate surface area is 116 Å². The van der Waals surface area contributed by atoms with E-state index >= 15 is 0 Å². The molecule has 0 aromatic heterocycles. The van der Waals surface area contributed by atoms with Crippen LogP contribution >= 0.6 is 0 Å². The number of rotatable bonds is 0. The molecule has 0 spiro atoms. The summed E-state index contributed by atoms with van der Waals surface area (Å²) < 4.78 is 5.10. The molecule has 3 rings (SSSR count). The van der Waals surface area contributed by atoms with E-state index in [9.17, 15) is 19.8 Å². The Morgan fingerprint density at radius 2 is 2.00 bits per heavy atom. The number of aliphatic hydroxyl groups excluding tert-OH is 1. The van der Waals surface area contributed by atoms with Crippen LogP contribution in [-0.4, -0.2) is 33.9 Å². The average Bonchev–Trinajstić information content (AvgIpc) is 2.55. The second-order valence-corrected chi connectivity index (χ2v) is 6.41. The maximum atomic E-state index is 11.9. The van der Waals surface area contributed by atoms with Crippen LogP contribution in [0.15, 0.2) is 22.8 Å². The summed E-state index contributed by atoms with van der Waals surface area (Å²) in [4.78, 5) is 23.6. The summed E-state index contributed by atoms with van der Waals surface area (Å²) in [6, 6.07) is 0. The fourth-order valence-electron chi connectivity index (χ4n) is 3.94. The van der Waals surface area contributed by atoms with Crippen LogP contribution in [0.5, 0.6) is 0 Å². The van der Waals surface area contributed by atoms with Crippen molar-refractivity contribution in [2.45, 2.75) is 45.5 Å². The number of carbonyl (C=O) groups is 2. The third-order valence-electron chi connectivity index (χ3n) is 5.13. The number of fused-ring (bicyclic) bond motifs is 2. The highest BCUT2D eigenvalue weighted by Crippen LogP contribution is 2.57. The second-order valence-electron chi connectivity index (χ2n) is 6.41. The normalized spacial score (nSPS) is 44.0. The van der Waals surface area contributed by atoms with Crippen LogP contribution in [0.2, 0.25) is 0 Å². The maximum Gasteiger partial charge on any atom is 0.336 e. The number of hydrogen-bond donors (Lipinski definition) is 2. The van der Waals surface area contributed by atoms with E-state index in [0.29, 0.717) is 17.6 Å². The highest BCUT2D eigenvalue weighted by Gasteiger charge is 2.60. The van der Waals surface area contributed by atoms with Gasteiger partial charge in [0.1, 0.15) is 6.10 Å². The van der Waals surface area contributed by atoms with Crippen molar-refractivity contribution in [3.05, 3.63) is 22.8 Å². The molecule has 0 radical (unpaired) electrons. The molecule has 0 aromatic rings. The predicted octanol–water partition coefficient (Wildman–Crippen LogP) is 0.854. The standard InChI is InChI=1S/C15H18O5/c1-7-4-11(16)12(17)14(3)6-15(19)10(5-9(7)14)8(2)13(18)20-15/h4,9,12,17,19H,5-6H2,1-3H3/t9-,12+,14+,15-/m0/s1. The predicted molar refractivity (Wildman–Crippen MR) is 69.3 cm³/mol. The van der Waals surface area contributed by atoms with Crippen LogP contribution in [-0.2, 0) is 14.3 Å². The first-order chi connectivity index (χ1) is 9.19. The van der Waals surface area contributed by atoms with Crippen molar-refractivity contribution < 1.29 is 24.5 Å². The zero-order valence-corrected chi connectivity index (χ0v) is 11.8. The van der Waals surface area contributed by atoms with Gasteiger partial charge in [0.25, 0.3) is 0 Å². The number of aliphatic hydroxyl groups is 2. The number of allylic oxidation sites excluding steroid dienone is 1. The first kappa shape index (κ1) is 13.5. The van der Waals surface area contributed by atoms with Gasteiger partial charge in [-0.05, 0) is 32.3 Å². The third kappa shape index (κ3) is 1.50. The average molecular weight is 278 g/mol. The van der Waals surface area contributed by atoms with Crippen LogP contribution < -0.4 is 0 Å². The van der Waals surface area contributed by atoms with Crippen molar-refractivity contribution >= 4 is 11.8 Å². The third-order valence-corrected chi connectivity index (χ3v) is 5.13. The monoisotopic (exact) mass is 278 g/mol. The van der Waals surface area contributed by atoms with Gasteiger partial charge in [-0.1, -0.05) is 12.5 Å². The summed E-state index contributed by atoms with van der Waals surface area (Å²) in [6.45, 7) is 5.26. The Kier molecular flexibility index (Phi) is 2.57. The van der Waals surface area contributed by atoms with E-state index in [1.165, 1.54) is 6.08 Å². The first-order valence-corrected chi connectivity index (χ1v) is 6.75. The molecule has 4 atom stereocenters. The summed E-state index contributed by atoms with van der Waals surface area (Å²) in [5.74, 6) is -2.62. The molecule has 20 heavy (non-hydrogen) atoms. The quantitative estimate of drug-likeness (QED) is 0.642. The molecule has 1 fully saturated rings. The minimum Gasteiger partial charge on any atom is -0.426 e. The van der Waals surface area contributed by atoms with Crippen molar-refractivity contribution in [1.82, 2.24) is 0 Å². The highest BCUT2D eigenvalue weighted by molar-refractivity contribution is 5.96. The minimum absolute atomic E-state index is 0.0428. The molecule has 0 unspecified atom stereocenters. The van der Waals surface area contributed by atoms with Gasteiger partial charge in [-0.3, -0.25) is 4.79 Å². The molecule has 0 bridgehead atoms. The summed E-state index contributed by atoms with van der Waals surface area (Å²) in [6.07, 6.45) is 0.759. The summed E-state index contributed by atoms with van der Waals surface area (Å²) in [5.41, 5.74) is 1.08. The minimum atomic E-state index is -1.68. The van der Waals surface area contributed by atoms with Gasteiger partial charge in [-0.2, -0.15) is 0 Å². The molecular formula is C15H18O5. The molecule has 1 heterocycles. The first-order valence-electron chi connectivity index (χ1n) is 6.75. The lowest BCUT2D eigenvalue weighted by Crippen LogP contribution is -2.56. The smallest absolute Gasteiger partial charge is 0.336 e. The molecule has 1 saturated carbocycles. The largest absolute Gasteiger partial charge is 0.426 e. The van der Waals surface area contributed by atoms with E-state index in [1.54, 1.807) is 13.8 Å². The van der Waals surface area contributed by atoms with Gasteiger partial charge in [0.2, 0.25) is 5.79 Å². The Bertz CT molecular complexity index is 587. The molecule has 2 N–H and O–H groups in total. The van der Waals surface area contributed by atoms with Gasteiger partial charge >= 0.3 is 5.97 Å². The van der Waals surface area contributed by atoms with Gasteiger partial charge in [0.05, 0.1) is 0 Å². The molecule has 1 aliphatic heterocycles. The molecular weight excluding hydrogens is 260 g/mol. The van der Waals surface area contributed by atoms with Crippen molar-refractivity contribution in [2.24, 2.45) is 11.3 Å². The lowest BCUT2D eigenvalue weighted by molar-refractivity contribution is -0.210. The molecule has 0 saturated heterocycles. The molecule has 3 aliphatic rings. The van der Waals surface area contributed by atoms with Crippen molar-refractivity contribution in [1.29, 1.82) is 0 Å². The van der Waals surface area contributed by atoms with Crippen molar-refractivity contribution in [2.75, 3.05) is 0 Å². The number of carbonyl (C=O) groups excluding carboxylic acids is 2. The number of ether oxygens (including phenoxy) is 1. The van der Waals surface area contributed by atoms with Crippen LogP contribution in [0.3, 0.4) is 0 Å². The fourth-order valence-corrected chi connectivity index (χ4v) is 3.94. The van der Waals surface area contributed by atoms with E-state index in [2.05, 4.69) is 0 Å². The highest BCUT2D eigenvalue weighted by atomic mass is 16.7. The Morgan fingerprint density at radius 3 is 2.65 bits per heavy atom. The Morgan fingerprint density at radius 1 is 1.35 bits per heavy atom. The van der Waals surface area contributed by atoms with Gasteiger partial charge in [-0.15, -0.1) is 0 Å². The van der Waals surface area contributed by atoms with E-state index < -0.39 is 23.3 Å². The lowest BCUT2D eigenvalue weighted by Gasteiger charge is -2.51. The summed E-state index contributed by atoms with van der Waals surface area (Å²) >= 11 is 0. The maximum absolute atomic E-state index is 11.9. The molecule has 0 amide bonds. The molecule has 5 nitrogen and oxygen atoms in total. The summed E-state index contributed by atoms with van der Waals surface area (Å²) in [5, 5.41) is 20.9. The van der Waals surface area contributed by atoms with E-state index in [0.717, 1.165) is 5.57 Å². The van der Waals surface area contributed by atoms with Crippen molar-refractivity contribution in [3.8, 4) is 0 Å². The molecule has 108 valence electrons. The van der Waals surface area contributed by atoms with Crippen LogP contribution in [0.1, 0.15) is 33.6 Å². The van der Waals surface area contributed by atoms with Gasteiger partial charge in [-0.25, -0.2) is 4.79 Å². The molecule has 2 aliphatic carbocycles. The van der Waals surface area contributed by atoms with Crippen LogP contribution in [0.25, 0.3) is 0 Å². The van der Waals surface area contributed by atoms with Gasteiger partial charge < -0.3 is 14.9 Å². The molecule has 5 heteroatoms. The van der Waals surface area contributed by atoms with E-state index in [-0.39, 0.29) is 18.1 Å². The van der Waals surface area contributed by atoms with Crippen LogP contribution in [0, 0.1) is 11.3 Å². The topological polar surface area (TPSA) is 83.8 Å². The zero-order chi connectivity index (χ0) is 14.9. The SMILES string of the molecule is CC1=CC(=O)[C@@H](O)[C@]2(C)C[C@]3(O)OC(=O)C(C)=C3C[C@@H]12.